The molecule has 0 aliphatic carbocycles. The van der Waals surface area contributed by atoms with Crippen molar-refractivity contribution in [3.63, 3.8) is 0 Å². The maximum Gasteiger partial charge on any atom is 0.407 e. The average Bonchev–Trinajstić information content (AvgIpc) is 3.34. The number of nitrogens with one attached hydrogen (secondary N) is 1. The van der Waals surface area contributed by atoms with E-state index in [4.69, 9.17) is 19.2 Å². The van der Waals surface area contributed by atoms with Crippen molar-refractivity contribution < 1.29 is 19.0 Å². The van der Waals surface area contributed by atoms with Gasteiger partial charge in [0.25, 0.3) is 0 Å². The van der Waals surface area contributed by atoms with Crippen LogP contribution in [-0.2, 0) is 20.9 Å². The van der Waals surface area contributed by atoms with Gasteiger partial charge >= 0.3 is 6.09 Å². The largest absolute Gasteiger partial charge is 0.444 e. The number of anilines is 1. The van der Waals surface area contributed by atoms with Gasteiger partial charge in [0.2, 0.25) is 0 Å². The first kappa shape index (κ1) is 28.3. The van der Waals surface area contributed by atoms with Crippen molar-refractivity contribution in [2.75, 3.05) is 31.2 Å². The highest BCUT2D eigenvalue weighted by molar-refractivity contribution is 9.10. The number of fused-ring (bicyclic) bond motifs is 1. The summed E-state index contributed by atoms with van der Waals surface area (Å²) in [4.78, 5) is 19.7. The van der Waals surface area contributed by atoms with Gasteiger partial charge in [-0.15, -0.1) is 0 Å². The fourth-order valence-corrected chi connectivity index (χ4v) is 6.51. The molecular weight excluding hydrogens is 554 g/mol. The SMILES string of the molecule is C[C@@H]1OCC2(CCN(c3ncc(Br)c4c3cnn4COCC[Si](C)(C)C)CC2)[C@@H]1NC(=O)OC(C)(C)C. The maximum absolute atomic E-state index is 12.6. The number of carbonyl (C=O) groups is 1. The Morgan fingerprint density at radius 3 is 2.62 bits per heavy atom. The summed E-state index contributed by atoms with van der Waals surface area (Å²) < 4.78 is 20.4. The van der Waals surface area contributed by atoms with Crippen LogP contribution in [-0.4, -0.2) is 73.0 Å². The predicted molar refractivity (Wildman–Crippen MR) is 152 cm³/mol. The molecular formula is C26H42BrN5O4Si. The number of aromatic nitrogens is 3. The van der Waals surface area contributed by atoms with Crippen molar-refractivity contribution in [1.29, 1.82) is 0 Å². The van der Waals surface area contributed by atoms with Crippen molar-refractivity contribution in [2.45, 2.75) is 90.7 Å². The fourth-order valence-electron chi connectivity index (χ4n) is 5.23. The highest BCUT2D eigenvalue weighted by Gasteiger charge is 2.50. The first-order valence-electron chi connectivity index (χ1n) is 13.2. The Balaban J connectivity index is 1.45. The molecule has 0 saturated carbocycles. The van der Waals surface area contributed by atoms with Crippen LogP contribution in [0.3, 0.4) is 0 Å². The molecule has 9 nitrogen and oxygen atoms in total. The molecule has 37 heavy (non-hydrogen) atoms. The molecule has 1 N–H and O–H groups in total. The summed E-state index contributed by atoms with van der Waals surface area (Å²) in [6.45, 7) is 18.2. The van der Waals surface area contributed by atoms with E-state index in [1.165, 1.54) is 0 Å². The number of rotatable bonds is 7. The Morgan fingerprint density at radius 1 is 1.27 bits per heavy atom. The third kappa shape index (κ3) is 6.66. The lowest BCUT2D eigenvalue weighted by Gasteiger charge is -2.43. The number of ether oxygens (including phenoxy) is 3. The van der Waals surface area contributed by atoms with E-state index in [9.17, 15) is 4.79 Å². The molecule has 11 heteroatoms. The van der Waals surface area contributed by atoms with Crippen LogP contribution in [0.15, 0.2) is 16.9 Å². The molecule has 2 saturated heterocycles. The smallest absolute Gasteiger partial charge is 0.407 e. The molecule has 0 unspecified atom stereocenters. The number of hydrogen-bond acceptors (Lipinski definition) is 7. The number of alkyl carbamates (subject to hydrolysis) is 1. The monoisotopic (exact) mass is 595 g/mol. The first-order chi connectivity index (χ1) is 17.3. The normalized spacial score (nSPS) is 22.1. The molecule has 1 amide bonds. The summed E-state index contributed by atoms with van der Waals surface area (Å²) in [5.41, 5.74) is 0.349. The second kappa shape index (κ2) is 10.8. The second-order valence-electron chi connectivity index (χ2n) is 12.7. The van der Waals surface area contributed by atoms with Crippen LogP contribution in [0, 0.1) is 5.41 Å². The molecule has 2 aromatic rings. The molecule has 1 spiro atoms. The van der Waals surface area contributed by atoms with Crippen molar-refractivity contribution in [1.82, 2.24) is 20.1 Å². The molecule has 4 rings (SSSR count). The zero-order chi connectivity index (χ0) is 27.0. The number of pyridine rings is 1. The molecule has 2 fully saturated rings. The Kier molecular flexibility index (Phi) is 8.28. The molecule has 4 heterocycles. The van der Waals surface area contributed by atoms with Gasteiger partial charge in [0, 0.05) is 39.4 Å². The van der Waals surface area contributed by atoms with Gasteiger partial charge in [-0.3, -0.25) is 0 Å². The Labute approximate surface area is 229 Å². The second-order valence-corrected chi connectivity index (χ2v) is 19.1. The van der Waals surface area contributed by atoms with Crippen molar-refractivity contribution in [3.05, 3.63) is 16.9 Å². The zero-order valence-corrected chi connectivity index (χ0v) is 25.9. The van der Waals surface area contributed by atoms with E-state index in [1.807, 2.05) is 44.8 Å². The Morgan fingerprint density at radius 2 is 1.97 bits per heavy atom. The van der Waals surface area contributed by atoms with Crippen molar-refractivity contribution in [2.24, 2.45) is 5.41 Å². The van der Waals surface area contributed by atoms with Gasteiger partial charge in [-0.05, 0) is 62.5 Å². The van der Waals surface area contributed by atoms with Crippen molar-refractivity contribution >= 4 is 46.8 Å². The molecule has 0 radical (unpaired) electrons. The van der Waals surface area contributed by atoms with E-state index in [-0.39, 0.29) is 23.7 Å². The highest BCUT2D eigenvalue weighted by atomic mass is 79.9. The third-order valence-corrected chi connectivity index (χ3v) is 9.60. The van der Waals surface area contributed by atoms with Gasteiger partial charge in [0.05, 0.1) is 40.3 Å². The minimum Gasteiger partial charge on any atom is -0.444 e. The lowest BCUT2D eigenvalue weighted by atomic mass is 9.73. The number of amides is 1. The number of piperidine rings is 1. The summed E-state index contributed by atoms with van der Waals surface area (Å²) in [6, 6.07) is 1.04. The Hall–Kier alpha value is -1.69. The maximum atomic E-state index is 12.6. The van der Waals surface area contributed by atoms with E-state index in [0.29, 0.717) is 13.3 Å². The number of nitrogens with zero attached hydrogens (tertiary/aromatic N) is 4. The lowest BCUT2D eigenvalue weighted by molar-refractivity contribution is 0.0434. The zero-order valence-electron chi connectivity index (χ0n) is 23.3. The van der Waals surface area contributed by atoms with Crippen molar-refractivity contribution in [3.8, 4) is 0 Å². The minimum atomic E-state index is -1.14. The van der Waals surface area contributed by atoms with E-state index in [0.717, 1.165) is 59.8 Å². The molecule has 2 aromatic heterocycles. The van der Waals surface area contributed by atoms with E-state index >= 15 is 0 Å². The van der Waals surface area contributed by atoms with E-state index in [1.54, 1.807) is 0 Å². The van der Waals surface area contributed by atoms with Gasteiger partial charge in [-0.1, -0.05) is 19.6 Å². The standard InChI is InChI=1S/C26H42BrN5O4Si/c1-18-22(30-24(33)36-25(2,3)4)26(16-35-18)8-10-31(11-9-26)23-19-14-29-32(21(19)20(27)15-28-23)17-34-12-13-37(5,6)7/h14-15,18,22H,8-13,16-17H2,1-7H3,(H,30,33)/t18-,22+/m0/s1. The average molecular weight is 597 g/mol. The first-order valence-corrected chi connectivity index (χ1v) is 17.7. The number of carbonyl (C=O) groups excluding carboxylic acids is 1. The quantitative estimate of drug-likeness (QED) is 0.338. The number of halogens is 1. The molecule has 206 valence electrons. The van der Waals surface area contributed by atoms with Crippen LogP contribution in [0.4, 0.5) is 10.6 Å². The van der Waals surface area contributed by atoms with Crippen LogP contribution in [0.25, 0.3) is 10.9 Å². The summed E-state index contributed by atoms with van der Waals surface area (Å²) in [5.74, 6) is 0.935. The number of hydrogen-bond donors (Lipinski definition) is 1. The van der Waals surface area contributed by atoms with Crippen LogP contribution >= 0.6 is 15.9 Å². The van der Waals surface area contributed by atoms with Gasteiger partial charge in [-0.25, -0.2) is 14.5 Å². The summed E-state index contributed by atoms with van der Waals surface area (Å²) in [6.07, 6.45) is 5.09. The Bertz CT molecular complexity index is 1100. The summed E-state index contributed by atoms with van der Waals surface area (Å²) in [5, 5.41) is 8.76. The highest BCUT2D eigenvalue weighted by Crippen LogP contribution is 2.44. The van der Waals surface area contributed by atoms with Gasteiger partial charge in [0.15, 0.2) is 0 Å². The van der Waals surface area contributed by atoms with E-state index < -0.39 is 13.7 Å². The molecule has 0 bridgehead atoms. The predicted octanol–water partition coefficient (Wildman–Crippen LogP) is 5.40. The molecule has 2 aliphatic heterocycles. The van der Waals surface area contributed by atoms with Gasteiger partial charge in [-0.2, -0.15) is 5.10 Å². The fraction of sp³-hybridized carbons (Fsp3) is 0.731. The van der Waals surface area contributed by atoms with E-state index in [2.05, 4.69) is 50.9 Å². The molecule has 2 atom stereocenters. The third-order valence-electron chi connectivity index (χ3n) is 7.31. The topological polar surface area (TPSA) is 90.7 Å². The molecule has 2 aliphatic rings. The van der Waals surface area contributed by atoms with Crippen LogP contribution in [0.5, 0.6) is 0 Å². The molecule has 0 aromatic carbocycles. The van der Waals surface area contributed by atoms with Crippen LogP contribution in [0.2, 0.25) is 25.7 Å². The lowest BCUT2D eigenvalue weighted by Crippen LogP contribution is -2.55. The minimum absolute atomic E-state index is 0.0595. The summed E-state index contributed by atoms with van der Waals surface area (Å²) in [7, 11) is -1.14. The van der Waals surface area contributed by atoms with Crippen LogP contribution < -0.4 is 10.2 Å². The summed E-state index contributed by atoms with van der Waals surface area (Å²) >= 11 is 3.67. The van der Waals surface area contributed by atoms with Crippen LogP contribution in [0.1, 0.15) is 40.5 Å². The van der Waals surface area contributed by atoms with Gasteiger partial charge in [0.1, 0.15) is 18.1 Å². The van der Waals surface area contributed by atoms with Gasteiger partial charge < -0.3 is 24.4 Å².